The van der Waals surface area contributed by atoms with E-state index in [0.717, 1.165) is 18.7 Å². The fraction of sp³-hybridized carbons (Fsp3) is 0.500. The SMILES string of the molecule is C=CCn1cc(CN2CCN3C(=O)CNC(=O)[C@@H]3C2)cn1. The number of carbonyl (C=O) groups is 2. The summed E-state index contributed by atoms with van der Waals surface area (Å²) in [6, 6.07) is -0.358. The summed E-state index contributed by atoms with van der Waals surface area (Å²) in [5, 5.41) is 6.91. The van der Waals surface area contributed by atoms with E-state index in [-0.39, 0.29) is 24.4 Å². The molecule has 7 nitrogen and oxygen atoms in total. The van der Waals surface area contributed by atoms with E-state index in [1.165, 1.54) is 0 Å². The van der Waals surface area contributed by atoms with Crippen molar-refractivity contribution in [1.29, 1.82) is 0 Å². The van der Waals surface area contributed by atoms with Crippen LogP contribution in [-0.4, -0.2) is 63.6 Å². The lowest BCUT2D eigenvalue weighted by Crippen LogP contribution is -2.65. The van der Waals surface area contributed by atoms with Crippen molar-refractivity contribution in [3.63, 3.8) is 0 Å². The van der Waals surface area contributed by atoms with Crippen molar-refractivity contribution in [2.75, 3.05) is 26.2 Å². The number of piperazine rings is 2. The van der Waals surface area contributed by atoms with Crippen LogP contribution < -0.4 is 5.32 Å². The molecule has 1 aromatic heterocycles. The van der Waals surface area contributed by atoms with Gasteiger partial charge in [-0.2, -0.15) is 5.10 Å². The van der Waals surface area contributed by atoms with Gasteiger partial charge in [-0.25, -0.2) is 0 Å². The van der Waals surface area contributed by atoms with Gasteiger partial charge in [0, 0.05) is 37.9 Å². The molecule has 1 N–H and O–H groups in total. The molecule has 2 fully saturated rings. The Hall–Kier alpha value is -2.15. The highest BCUT2D eigenvalue weighted by Gasteiger charge is 2.38. The molecule has 112 valence electrons. The van der Waals surface area contributed by atoms with Crippen molar-refractivity contribution < 1.29 is 9.59 Å². The molecule has 0 aromatic carbocycles. The van der Waals surface area contributed by atoms with Crippen LogP contribution in [0, 0.1) is 0 Å². The molecule has 0 radical (unpaired) electrons. The first kappa shape index (κ1) is 13.8. The molecule has 2 saturated heterocycles. The highest BCUT2D eigenvalue weighted by molar-refractivity contribution is 5.95. The molecule has 0 saturated carbocycles. The van der Waals surface area contributed by atoms with Gasteiger partial charge in [-0.05, 0) is 0 Å². The summed E-state index contributed by atoms with van der Waals surface area (Å²) in [6.07, 6.45) is 5.62. The van der Waals surface area contributed by atoms with Gasteiger partial charge in [0.2, 0.25) is 11.8 Å². The van der Waals surface area contributed by atoms with Crippen molar-refractivity contribution in [2.24, 2.45) is 0 Å². The van der Waals surface area contributed by atoms with E-state index in [4.69, 9.17) is 0 Å². The van der Waals surface area contributed by atoms with Crippen molar-refractivity contribution in [1.82, 2.24) is 24.9 Å². The fourth-order valence-corrected chi connectivity index (χ4v) is 2.87. The van der Waals surface area contributed by atoms with E-state index in [1.54, 1.807) is 11.0 Å². The normalized spacial score (nSPS) is 22.9. The number of hydrogen-bond acceptors (Lipinski definition) is 4. The second-order valence-electron chi connectivity index (χ2n) is 5.42. The zero-order chi connectivity index (χ0) is 14.8. The van der Waals surface area contributed by atoms with Gasteiger partial charge in [0.15, 0.2) is 0 Å². The molecule has 2 aliphatic heterocycles. The molecule has 1 atom stereocenters. The highest BCUT2D eigenvalue weighted by Crippen LogP contribution is 2.15. The Morgan fingerprint density at radius 3 is 3.10 bits per heavy atom. The smallest absolute Gasteiger partial charge is 0.244 e. The van der Waals surface area contributed by atoms with Crippen LogP contribution in [0.2, 0.25) is 0 Å². The third-order valence-corrected chi connectivity index (χ3v) is 3.91. The molecule has 0 aliphatic carbocycles. The minimum atomic E-state index is -0.358. The van der Waals surface area contributed by atoms with Gasteiger partial charge < -0.3 is 10.2 Å². The Kier molecular flexibility index (Phi) is 3.74. The van der Waals surface area contributed by atoms with E-state index in [2.05, 4.69) is 21.9 Å². The predicted octanol–water partition coefficient (Wildman–Crippen LogP) is -0.788. The minimum Gasteiger partial charge on any atom is -0.345 e. The Morgan fingerprint density at radius 1 is 1.43 bits per heavy atom. The van der Waals surface area contributed by atoms with Crippen molar-refractivity contribution in [3.05, 3.63) is 30.6 Å². The number of rotatable bonds is 4. The second-order valence-corrected chi connectivity index (χ2v) is 5.42. The molecular formula is C14H19N5O2. The van der Waals surface area contributed by atoms with E-state index < -0.39 is 0 Å². The Morgan fingerprint density at radius 2 is 2.29 bits per heavy atom. The van der Waals surface area contributed by atoms with Crippen LogP contribution in [-0.2, 0) is 22.7 Å². The summed E-state index contributed by atoms with van der Waals surface area (Å²) in [5.74, 6) is -0.0419. The molecule has 21 heavy (non-hydrogen) atoms. The monoisotopic (exact) mass is 289 g/mol. The number of hydrogen-bond donors (Lipinski definition) is 1. The van der Waals surface area contributed by atoms with Gasteiger partial charge in [0.1, 0.15) is 6.04 Å². The van der Waals surface area contributed by atoms with E-state index in [1.807, 2.05) is 17.1 Å². The van der Waals surface area contributed by atoms with Crippen LogP contribution in [0.5, 0.6) is 0 Å². The molecule has 0 spiro atoms. The largest absolute Gasteiger partial charge is 0.345 e. The molecule has 0 unspecified atom stereocenters. The first-order valence-corrected chi connectivity index (χ1v) is 7.09. The Labute approximate surface area is 123 Å². The van der Waals surface area contributed by atoms with Crippen LogP contribution in [0.1, 0.15) is 5.56 Å². The lowest BCUT2D eigenvalue weighted by Gasteiger charge is -2.42. The minimum absolute atomic E-state index is 0.0121. The number of aromatic nitrogens is 2. The van der Waals surface area contributed by atoms with Crippen LogP contribution in [0.3, 0.4) is 0 Å². The second kappa shape index (κ2) is 5.69. The van der Waals surface area contributed by atoms with Crippen LogP contribution in [0.25, 0.3) is 0 Å². The van der Waals surface area contributed by atoms with Gasteiger partial charge in [-0.1, -0.05) is 6.08 Å². The summed E-state index contributed by atoms with van der Waals surface area (Å²) in [5.41, 5.74) is 1.10. The maximum Gasteiger partial charge on any atom is 0.244 e. The van der Waals surface area contributed by atoms with Gasteiger partial charge in [0.25, 0.3) is 0 Å². The van der Waals surface area contributed by atoms with Gasteiger partial charge in [-0.3, -0.25) is 19.2 Å². The maximum absolute atomic E-state index is 11.9. The van der Waals surface area contributed by atoms with E-state index in [0.29, 0.717) is 19.6 Å². The number of allylic oxidation sites excluding steroid dienone is 1. The molecule has 2 aliphatic rings. The number of fused-ring (bicyclic) bond motifs is 1. The number of carbonyl (C=O) groups excluding carboxylic acids is 2. The molecule has 3 rings (SSSR count). The average Bonchev–Trinajstić information content (AvgIpc) is 2.91. The van der Waals surface area contributed by atoms with E-state index >= 15 is 0 Å². The molecular weight excluding hydrogens is 270 g/mol. The zero-order valence-electron chi connectivity index (χ0n) is 11.9. The topological polar surface area (TPSA) is 70.5 Å². The zero-order valence-corrected chi connectivity index (χ0v) is 11.9. The quantitative estimate of drug-likeness (QED) is 0.738. The molecule has 1 aromatic rings. The van der Waals surface area contributed by atoms with Gasteiger partial charge >= 0.3 is 0 Å². The molecule has 0 bridgehead atoms. The maximum atomic E-state index is 11.9. The Balaban J connectivity index is 1.63. The van der Waals surface area contributed by atoms with Crippen molar-refractivity contribution in [2.45, 2.75) is 19.1 Å². The first-order chi connectivity index (χ1) is 10.2. The Bertz CT molecular complexity index is 567. The number of amides is 2. The fourth-order valence-electron chi connectivity index (χ4n) is 2.87. The van der Waals surface area contributed by atoms with Gasteiger partial charge in [-0.15, -0.1) is 6.58 Å². The molecule has 3 heterocycles. The summed E-state index contributed by atoms with van der Waals surface area (Å²) >= 11 is 0. The lowest BCUT2D eigenvalue weighted by atomic mass is 10.1. The lowest BCUT2D eigenvalue weighted by molar-refractivity contribution is -0.149. The predicted molar refractivity (Wildman–Crippen MR) is 76.2 cm³/mol. The van der Waals surface area contributed by atoms with Gasteiger partial charge in [0.05, 0.1) is 19.3 Å². The summed E-state index contributed by atoms with van der Waals surface area (Å²) in [4.78, 5) is 27.6. The third kappa shape index (κ3) is 2.82. The first-order valence-electron chi connectivity index (χ1n) is 7.09. The highest BCUT2D eigenvalue weighted by atomic mass is 16.2. The molecule has 2 amide bonds. The number of nitrogens with zero attached hydrogens (tertiary/aromatic N) is 4. The third-order valence-electron chi connectivity index (χ3n) is 3.91. The van der Waals surface area contributed by atoms with E-state index in [9.17, 15) is 9.59 Å². The standard InChI is InChI=1S/C14H19N5O2/c1-2-3-18-9-11(6-16-18)8-17-4-5-19-12(10-17)14(21)15-7-13(19)20/h2,6,9,12H,1,3-5,7-8,10H2,(H,15,21)/t12-/m0/s1. The van der Waals surface area contributed by atoms with Crippen molar-refractivity contribution >= 4 is 11.8 Å². The van der Waals surface area contributed by atoms with Crippen molar-refractivity contribution in [3.8, 4) is 0 Å². The van der Waals surface area contributed by atoms with Crippen LogP contribution in [0.4, 0.5) is 0 Å². The number of nitrogens with one attached hydrogen (secondary N) is 1. The molecule has 7 heteroatoms. The van der Waals surface area contributed by atoms with Crippen LogP contribution in [0.15, 0.2) is 25.0 Å². The van der Waals surface area contributed by atoms with Crippen LogP contribution >= 0.6 is 0 Å². The summed E-state index contributed by atoms with van der Waals surface area (Å²) in [7, 11) is 0. The summed E-state index contributed by atoms with van der Waals surface area (Å²) < 4.78 is 1.83. The summed E-state index contributed by atoms with van der Waals surface area (Å²) in [6.45, 7) is 7.21. The average molecular weight is 289 g/mol.